The number of halogens is 1. The number of aromatic amines is 1. The summed E-state index contributed by atoms with van der Waals surface area (Å²) in [5, 5.41) is 1.72. The number of aromatic nitrogens is 3. The highest BCUT2D eigenvalue weighted by atomic mass is 35.5. The van der Waals surface area contributed by atoms with Gasteiger partial charge >= 0.3 is 0 Å². The molecule has 5 nitrogen and oxygen atoms in total. The van der Waals surface area contributed by atoms with Crippen LogP contribution < -0.4 is 5.56 Å². The minimum Gasteiger partial charge on any atom is -0.311 e. The number of rotatable bonds is 2. The molecule has 4 rings (SSSR count). The Balaban J connectivity index is 1.56. The number of hydrogen-bond acceptors (Lipinski definition) is 4. The van der Waals surface area contributed by atoms with E-state index in [4.69, 9.17) is 16.6 Å². The monoisotopic (exact) mass is 354 g/mol. The van der Waals surface area contributed by atoms with Crippen LogP contribution in [0.4, 0.5) is 0 Å². The van der Waals surface area contributed by atoms with Gasteiger partial charge in [-0.1, -0.05) is 29.8 Å². The first kappa shape index (κ1) is 16.2. The van der Waals surface area contributed by atoms with E-state index in [1.165, 1.54) is 0 Å². The third-order valence-corrected chi connectivity index (χ3v) is 4.98. The lowest BCUT2D eigenvalue weighted by atomic mass is 10.1. The van der Waals surface area contributed by atoms with Crippen LogP contribution in [0.5, 0.6) is 0 Å². The quantitative estimate of drug-likeness (QED) is 0.768. The largest absolute Gasteiger partial charge is 0.311 e. The summed E-state index contributed by atoms with van der Waals surface area (Å²) in [6.07, 6.45) is 1.50. The Morgan fingerprint density at radius 2 is 2.00 bits per heavy atom. The molecule has 0 bridgehead atoms. The van der Waals surface area contributed by atoms with E-state index in [0.29, 0.717) is 17.3 Å². The van der Waals surface area contributed by atoms with Gasteiger partial charge in [0, 0.05) is 37.0 Å². The molecule has 3 heterocycles. The van der Waals surface area contributed by atoms with Gasteiger partial charge in [0.15, 0.2) is 0 Å². The first-order valence-electron chi connectivity index (χ1n) is 8.45. The van der Waals surface area contributed by atoms with Gasteiger partial charge in [0.25, 0.3) is 5.56 Å². The van der Waals surface area contributed by atoms with Crippen molar-refractivity contribution < 1.29 is 0 Å². The Morgan fingerprint density at radius 1 is 1.16 bits per heavy atom. The van der Waals surface area contributed by atoms with Crippen molar-refractivity contribution in [1.82, 2.24) is 19.9 Å². The van der Waals surface area contributed by atoms with Gasteiger partial charge in [0.05, 0.1) is 21.9 Å². The molecule has 1 aromatic carbocycles. The molecular weight excluding hydrogens is 336 g/mol. The first-order valence-corrected chi connectivity index (χ1v) is 8.83. The zero-order valence-corrected chi connectivity index (χ0v) is 14.8. The fraction of sp³-hybridized carbons (Fsp3) is 0.316. The van der Waals surface area contributed by atoms with Gasteiger partial charge in [-0.2, -0.15) is 0 Å². The fourth-order valence-corrected chi connectivity index (χ4v) is 3.63. The van der Waals surface area contributed by atoms with Crippen molar-refractivity contribution in [3.05, 3.63) is 68.5 Å². The predicted octanol–water partition coefficient (Wildman–Crippen LogP) is 2.88. The summed E-state index contributed by atoms with van der Waals surface area (Å²) in [5.41, 5.74) is 3.58. The van der Waals surface area contributed by atoms with Crippen LogP contribution in [0.2, 0.25) is 5.02 Å². The van der Waals surface area contributed by atoms with E-state index in [0.717, 1.165) is 53.9 Å². The van der Waals surface area contributed by atoms with Crippen molar-refractivity contribution in [2.45, 2.75) is 26.3 Å². The van der Waals surface area contributed by atoms with E-state index >= 15 is 0 Å². The number of H-pyrrole nitrogens is 1. The van der Waals surface area contributed by atoms with Gasteiger partial charge < -0.3 is 4.98 Å². The molecule has 1 aliphatic heterocycles. The molecule has 0 saturated carbocycles. The van der Waals surface area contributed by atoms with Gasteiger partial charge in [0.2, 0.25) is 0 Å². The molecule has 6 heteroatoms. The van der Waals surface area contributed by atoms with Crippen LogP contribution in [0.25, 0.3) is 10.9 Å². The Bertz CT molecular complexity index is 998. The summed E-state index contributed by atoms with van der Waals surface area (Å²) in [6.45, 7) is 4.26. The Kier molecular flexibility index (Phi) is 4.27. The fourth-order valence-electron chi connectivity index (χ4n) is 3.41. The normalized spacial score (nSPS) is 15.1. The van der Waals surface area contributed by atoms with E-state index in [1.54, 1.807) is 0 Å². The molecule has 0 amide bonds. The zero-order valence-electron chi connectivity index (χ0n) is 14.1. The molecule has 0 unspecified atom stereocenters. The number of pyridine rings is 1. The summed E-state index contributed by atoms with van der Waals surface area (Å²) >= 11 is 6.27. The van der Waals surface area contributed by atoms with Crippen LogP contribution in [0, 0.1) is 6.92 Å². The number of fused-ring (bicyclic) bond motifs is 2. The second kappa shape index (κ2) is 6.58. The van der Waals surface area contributed by atoms with E-state index < -0.39 is 0 Å². The summed E-state index contributed by atoms with van der Waals surface area (Å²) in [4.78, 5) is 26.5. The van der Waals surface area contributed by atoms with E-state index in [-0.39, 0.29) is 5.56 Å². The van der Waals surface area contributed by atoms with Crippen molar-refractivity contribution in [1.29, 1.82) is 0 Å². The van der Waals surface area contributed by atoms with Gasteiger partial charge in [-0.3, -0.25) is 9.69 Å². The van der Waals surface area contributed by atoms with Crippen molar-refractivity contribution in [3.8, 4) is 0 Å². The highest BCUT2D eigenvalue weighted by Gasteiger charge is 2.18. The smallest absolute Gasteiger partial charge is 0.254 e. The molecule has 0 fully saturated rings. The van der Waals surface area contributed by atoms with Crippen molar-refractivity contribution in [3.63, 3.8) is 0 Å². The van der Waals surface area contributed by atoms with Crippen LogP contribution in [0.3, 0.4) is 0 Å². The van der Waals surface area contributed by atoms with E-state index in [9.17, 15) is 4.79 Å². The molecule has 1 N–H and O–H groups in total. The maximum absolute atomic E-state index is 12.1. The maximum Gasteiger partial charge on any atom is 0.254 e. The molecule has 3 aromatic rings. The molecule has 1 aliphatic rings. The summed E-state index contributed by atoms with van der Waals surface area (Å²) < 4.78 is 0. The molecule has 0 radical (unpaired) electrons. The Morgan fingerprint density at radius 3 is 2.88 bits per heavy atom. The van der Waals surface area contributed by atoms with Crippen LogP contribution >= 0.6 is 11.6 Å². The molecule has 128 valence electrons. The van der Waals surface area contributed by atoms with Crippen molar-refractivity contribution in [2.75, 3.05) is 13.1 Å². The van der Waals surface area contributed by atoms with Crippen LogP contribution in [0.1, 0.15) is 22.8 Å². The molecule has 2 aromatic heterocycles. The minimum absolute atomic E-state index is 0.0000352. The second-order valence-corrected chi connectivity index (χ2v) is 6.87. The molecule has 0 aliphatic carbocycles. The molecule has 0 spiro atoms. The van der Waals surface area contributed by atoms with Crippen LogP contribution in [-0.4, -0.2) is 32.9 Å². The highest BCUT2D eigenvalue weighted by Crippen LogP contribution is 2.22. The lowest BCUT2D eigenvalue weighted by Gasteiger charge is -2.19. The van der Waals surface area contributed by atoms with Gasteiger partial charge in [-0.15, -0.1) is 0 Å². The van der Waals surface area contributed by atoms with Crippen LogP contribution in [-0.2, 0) is 19.4 Å². The lowest BCUT2D eigenvalue weighted by molar-refractivity contribution is 0.276. The van der Waals surface area contributed by atoms with Gasteiger partial charge in [-0.05, 0) is 25.5 Å². The van der Waals surface area contributed by atoms with Crippen molar-refractivity contribution in [2.24, 2.45) is 0 Å². The number of nitrogens with one attached hydrogen (secondary N) is 1. The Labute approximate surface area is 150 Å². The topological polar surface area (TPSA) is 61.9 Å². The highest BCUT2D eigenvalue weighted by molar-refractivity contribution is 6.35. The van der Waals surface area contributed by atoms with E-state index in [2.05, 4.69) is 20.9 Å². The number of hydrogen-bond donors (Lipinski definition) is 1. The summed E-state index contributed by atoms with van der Waals surface area (Å²) in [7, 11) is 0. The minimum atomic E-state index is -0.0000352. The number of aryl methyl sites for hydroxylation is 1. The molecule has 0 atom stereocenters. The summed E-state index contributed by atoms with van der Waals surface area (Å²) in [6, 6.07) is 9.92. The van der Waals surface area contributed by atoms with E-state index in [1.807, 2.05) is 31.2 Å². The average molecular weight is 355 g/mol. The van der Waals surface area contributed by atoms with Crippen LogP contribution in [0.15, 0.2) is 35.1 Å². The number of para-hydroxylation sites is 1. The first-order chi connectivity index (χ1) is 12.1. The van der Waals surface area contributed by atoms with Crippen molar-refractivity contribution >= 4 is 22.5 Å². The summed E-state index contributed by atoms with van der Waals surface area (Å²) in [5.74, 6) is 0.683. The standard InChI is InChI=1S/C19H19ClN4O/c1-12-21-17-8-10-24(9-7-15(17)19(25)22-12)11-14-6-5-13-3-2-4-16(20)18(13)23-14/h2-6H,7-11H2,1H3,(H,21,22,25). The lowest BCUT2D eigenvalue weighted by Crippen LogP contribution is -2.26. The second-order valence-electron chi connectivity index (χ2n) is 6.47. The maximum atomic E-state index is 12.1. The zero-order chi connectivity index (χ0) is 17.4. The average Bonchev–Trinajstić information content (AvgIpc) is 2.78. The molecular formula is C19H19ClN4O. The Hall–Kier alpha value is -2.24. The molecule has 0 saturated heterocycles. The molecule has 25 heavy (non-hydrogen) atoms. The third kappa shape index (κ3) is 3.30. The number of benzene rings is 1. The third-order valence-electron chi connectivity index (χ3n) is 4.68. The SMILES string of the molecule is Cc1nc2c(c(=O)[nH]1)CCN(Cc1ccc3cccc(Cl)c3n1)CC2. The van der Waals surface area contributed by atoms with Gasteiger partial charge in [-0.25, -0.2) is 9.97 Å². The van der Waals surface area contributed by atoms with Gasteiger partial charge in [0.1, 0.15) is 5.82 Å². The predicted molar refractivity (Wildman–Crippen MR) is 99.0 cm³/mol. The number of nitrogens with zero attached hydrogens (tertiary/aromatic N) is 3.